The van der Waals surface area contributed by atoms with Gasteiger partial charge in [0.1, 0.15) is 12.7 Å². The van der Waals surface area contributed by atoms with Gasteiger partial charge >= 0.3 is 6.03 Å². The van der Waals surface area contributed by atoms with E-state index >= 15 is 0 Å². The van der Waals surface area contributed by atoms with Crippen molar-refractivity contribution in [2.75, 3.05) is 19.7 Å². The van der Waals surface area contributed by atoms with Gasteiger partial charge in [-0.15, -0.1) is 0 Å². The zero-order valence-electron chi connectivity index (χ0n) is 14.3. The van der Waals surface area contributed by atoms with Gasteiger partial charge in [-0.3, -0.25) is 0 Å². The summed E-state index contributed by atoms with van der Waals surface area (Å²) in [7, 11) is 0. The van der Waals surface area contributed by atoms with Crippen LogP contribution < -0.4 is 20.1 Å². The molecule has 1 saturated carbocycles. The van der Waals surface area contributed by atoms with E-state index in [0.29, 0.717) is 13.2 Å². The van der Waals surface area contributed by atoms with Crippen LogP contribution in [-0.2, 0) is 0 Å². The monoisotopic (exact) mass is 332 g/mol. The van der Waals surface area contributed by atoms with Crippen LogP contribution in [0.4, 0.5) is 4.79 Å². The molecule has 5 nitrogen and oxygen atoms in total. The predicted molar refractivity (Wildman–Crippen MR) is 93.6 cm³/mol. The second-order valence-electron chi connectivity index (χ2n) is 6.76. The molecule has 0 spiro atoms. The summed E-state index contributed by atoms with van der Waals surface area (Å²) in [5.74, 6) is 2.37. The molecule has 132 valence electrons. The van der Waals surface area contributed by atoms with Crippen LogP contribution >= 0.6 is 0 Å². The summed E-state index contributed by atoms with van der Waals surface area (Å²) in [5, 5.41) is 5.87. The van der Waals surface area contributed by atoms with Crippen LogP contribution in [0.3, 0.4) is 0 Å². The minimum atomic E-state index is -0.0806. The molecule has 1 aromatic carbocycles. The largest absolute Gasteiger partial charge is 0.486 e. The summed E-state index contributed by atoms with van der Waals surface area (Å²) in [4.78, 5) is 11.8. The van der Waals surface area contributed by atoms with Crippen LogP contribution in [0.15, 0.2) is 24.3 Å². The van der Waals surface area contributed by atoms with Crippen molar-refractivity contribution >= 4 is 6.03 Å². The first-order valence-corrected chi connectivity index (χ1v) is 9.21. The van der Waals surface area contributed by atoms with Gasteiger partial charge in [-0.05, 0) is 24.5 Å². The Kier molecular flexibility index (Phi) is 6.21. The van der Waals surface area contributed by atoms with Crippen molar-refractivity contribution in [1.82, 2.24) is 10.6 Å². The van der Waals surface area contributed by atoms with Crippen molar-refractivity contribution in [3.63, 3.8) is 0 Å². The molecule has 1 atom stereocenters. The van der Waals surface area contributed by atoms with E-state index in [4.69, 9.17) is 9.47 Å². The number of rotatable bonds is 6. The topological polar surface area (TPSA) is 59.6 Å². The Morgan fingerprint density at radius 1 is 1.00 bits per heavy atom. The van der Waals surface area contributed by atoms with Crippen molar-refractivity contribution in [2.24, 2.45) is 5.92 Å². The molecule has 5 heteroatoms. The number of carbonyl (C=O) groups excluding carboxylic acids is 1. The van der Waals surface area contributed by atoms with E-state index < -0.39 is 0 Å². The van der Waals surface area contributed by atoms with Gasteiger partial charge in [0.25, 0.3) is 0 Å². The van der Waals surface area contributed by atoms with Crippen LogP contribution in [0.1, 0.15) is 44.9 Å². The molecule has 0 bridgehead atoms. The Balaban J connectivity index is 1.27. The normalized spacial score (nSPS) is 20.4. The Morgan fingerprint density at radius 2 is 1.71 bits per heavy atom. The van der Waals surface area contributed by atoms with Crippen LogP contribution in [-0.4, -0.2) is 31.8 Å². The maximum absolute atomic E-state index is 11.8. The number of hydrogen-bond donors (Lipinski definition) is 2. The zero-order chi connectivity index (χ0) is 16.6. The van der Waals surface area contributed by atoms with Crippen LogP contribution in [0.2, 0.25) is 0 Å². The highest BCUT2D eigenvalue weighted by molar-refractivity contribution is 5.73. The minimum Gasteiger partial charge on any atom is -0.486 e. The lowest BCUT2D eigenvalue weighted by molar-refractivity contribution is 0.0853. The molecule has 2 amide bonds. The van der Waals surface area contributed by atoms with E-state index in [1.54, 1.807) is 0 Å². The number of amides is 2. The van der Waals surface area contributed by atoms with Crippen molar-refractivity contribution < 1.29 is 14.3 Å². The maximum atomic E-state index is 11.8. The van der Waals surface area contributed by atoms with Gasteiger partial charge in [0.15, 0.2) is 11.5 Å². The number of ether oxygens (including phenoxy) is 2. The SMILES string of the molecule is O=C(NCCC1CCCCC1)NCCC1COc2ccccc2O1. The number of benzene rings is 1. The molecule has 24 heavy (non-hydrogen) atoms. The van der Waals surface area contributed by atoms with Gasteiger partial charge in [-0.1, -0.05) is 44.2 Å². The van der Waals surface area contributed by atoms with E-state index in [9.17, 15) is 4.79 Å². The van der Waals surface area contributed by atoms with E-state index in [2.05, 4.69) is 10.6 Å². The lowest BCUT2D eigenvalue weighted by Crippen LogP contribution is -2.39. The van der Waals surface area contributed by atoms with Gasteiger partial charge in [0.05, 0.1) is 0 Å². The molecule has 1 fully saturated rings. The number of carbonyl (C=O) groups is 1. The quantitative estimate of drug-likeness (QED) is 0.838. The van der Waals surface area contributed by atoms with E-state index in [-0.39, 0.29) is 12.1 Å². The van der Waals surface area contributed by atoms with Gasteiger partial charge in [-0.2, -0.15) is 0 Å². The highest BCUT2D eigenvalue weighted by atomic mass is 16.6. The molecular weight excluding hydrogens is 304 g/mol. The van der Waals surface area contributed by atoms with E-state index in [1.807, 2.05) is 24.3 Å². The molecule has 1 unspecified atom stereocenters. The molecule has 2 aliphatic rings. The fraction of sp³-hybridized carbons (Fsp3) is 0.632. The molecular formula is C19H28N2O3. The molecule has 2 N–H and O–H groups in total. The third kappa shape index (κ3) is 5.05. The zero-order valence-corrected chi connectivity index (χ0v) is 14.3. The van der Waals surface area contributed by atoms with Gasteiger partial charge < -0.3 is 20.1 Å². The average molecular weight is 332 g/mol. The Morgan fingerprint density at radius 3 is 2.50 bits per heavy atom. The van der Waals surface area contributed by atoms with Crippen molar-refractivity contribution in [3.8, 4) is 11.5 Å². The first-order valence-electron chi connectivity index (χ1n) is 9.21. The van der Waals surface area contributed by atoms with Crippen LogP contribution in [0.5, 0.6) is 11.5 Å². The molecule has 0 saturated heterocycles. The summed E-state index contributed by atoms with van der Waals surface area (Å²) in [6, 6.07) is 7.60. The third-order valence-electron chi connectivity index (χ3n) is 4.88. The highest BCUT2D eigenvalue weighted by Gasteiger charge is 2.20. The summed E-state index contributed by atoms with van der Waals surface area (Å²) in [6.45, 7) is 1.89. The van der Waals surface area contributed by atoms with Crippen molar-refractivity contribution in [1.29, 1.82) is 0 Å². The van der Waals surface area contributed by atoms with Crippen LogP contribution in [0.25, 0.3) is 0 Å². The lowest BCUT2D eigenvalue weighted by Gasteiger charge is -2.26. The first kappa shape index (κ1) is 16.9. The number of hydrogen-bond acceptors (Lipinski definition) is 3. The molecule has 3 rings (SSSR count). The molecule has 1 aliphatic heterocycles. The summed E-state index contributed by atoms with van der Waals surface area (Å²) in [5.41, 5.74) is 0. The molecule has 0 aromatic heterocycles. The summed E-state index contributed by atoms with van der Waals surface area (Å²) in [6.07, 6.45) is 8.55. The van der Waals surface area contributed by atoms with Gasteiger partial charge in [0, 0.05) is 19.5 Å². The van der Waals surface area contributed by atoms with Crippen molar-refractivity contribution in [2.45, 2.75) is 51.0 Å². The molecule has 1 heterocycles. The highest BCUT2D eigenvalue weighted by Crippen LogP contribution is 2.31. The van der Waals surface area contributed by atoms with Gasteiger partial charge in [0.2, 0.25) is 0 Å². The fourth-order valence-electron chi connectivity index (χ4n) is 3.48. The van der Waals surface area contributed by atoms with E-state index in [1.165, 1.54) is 32.1 Å². The Bertz CT molecular complexity index is 529. The molecule has 1 aliphatic carbocycles. The van der Waals surface area contributed by atoms with Crippen molar-refractivity contribution in [3.05, 3.63) is 24.3 Å². The van der Waals surface area contributed by atoms with Gasteiger partial charge in [-0.25, -0.2) is 4.79 Å². The second kappa shape index (κ2) is 8.81. The fourth-order valence-corrected chi connectivity index (χ4v) is 3.48. The minimum absolute atomic E-state index is 0.0116. The number of nitrogens with one attached hydrogen (secondary N) is 2. The number of para-hydroxylation sites is 2. The maximum Gasteiger partial charge on any atom is 0.314 e. The smallest absolute Gasteiger partial charge is 0.314 e. The molecule has 1 aromatic rings. The third-order valence-corrected chi connectivity index (χ3v) is 4.88. The summed E-state index contributed by atoms with van der Waals surface area (Å²) < 4.78 is 11.5. The predicted octanol–water partition coefficient (Wildman–Crippen LogP) is 3.49. The lowest BCUT2D eigenvalue weighted by atomic mass is 9.87. The Hall–Kier alpha value is -1.91. The second-order valence-corrected chi connectivity index (χ2v) is 6.76. The molecule has 0 radical (unpaired) electrons. The first-order chi connectivity index (χ1) is 11.8. The standard InChI is InChI=1S/C19H28N2O3/c22-19(20-12-10-15-6-2-1-3-7-15)21-13-11-16-14-23-17-8-4-5-9-18(17)24-16/h4-5,8-9,15-16H,1-3,6-7,10-14H2,(H2,20,21,22). The average Bonchev–Trinajstić information content (AvgIpc) is 2.62. The summed E-state index contributed by atoms with van der Waals surface area (Å²) >= 11 is 0. The Labute approximate surface area is 144 Å². The van der Waals surface area contributed by atoms with Crippen LogP contribution in [0, 0.1) is 5.92 Å². The van der Waals surface area contributed by atoms with E-state index in [0.717, 1.165) is 36.8 Å². The number of urea groups is 1. The number of fused-ring (bicyclic) bond motifs is 1.